The Hall–Kier alpha value is -1.31. The molecule has 1 aliphatic rings. The maximum Gasteiger partial charge on any atom is 0.490 e. The number of carbonyl (C=O) groups excluding carboxylic acids is 1. The van der Waals surface area contributed by atoms with Crippen molar-refractivity contribution in [1.29, 1.82) is 0 Å². The maximum absolute atomic E-state index is 11.7. The van der Waals surface area contributed by atoms with Gasteiger partial charge in [0.15, 0.2) is 0 Å². The molecule has 5 nitrogen and oxygen atoms in total. The largest absolute Gasteiger partial charge is 0.490 e. The molecular weight excluding hydrogens is 289 g/mol. The lowest BCUT2D eigenvalue weighted by molar-refractivity contribution is -0.192. The molecule has 0 saturated heterocycles. The van der Waals surface area contributed by atoms with Crippen molar-refractivity contribution in [2.45, 2.75) is 57.7 Å². The van der Waals surface area contributed by atoms with Crippen molar-refractivity contribution in [2.24, 2.45) is 5.73 Å². The van der Waals surface area contributed by atoms with Crippen LogP contribution in [0.25, 0.3) is 0 Å². The normalized spacial score (nSPS) is 15.9. The second-order valence-corrected chi connectivity index (χ2v) is 4.81. The number of nitrogens with two attached hydrogens (primary N) is 1. The molecule has 0 spiro atoms. The van der Waals surface area contributed by atoms with Crippen LogP contribution >= 0.6 is 0 Å². The van der Waals surface area contributed by atoms with Gasteiger partial charge in [0.1, 0.15) is 0 Å². The predicted octanol–water partition coefficient (Wildman–Crippen LogP) is 2.15. The molecule has 124 valence electrons. The van der Waals surface area contributed by atoms with Crippen molar-refractivity contribution in [3.63, 3.8) is 0 Å². The predicted molar refractivity (Wildman–Crippen MR) is 71.6 cm³/mol. The minimum Gasteiger partial charge on any atom is -0.475 e. The number of amides is 1. The van der Waals surface area contributed by atoms with Gasteiger partial charge in [0.05, 0.1) is 0 Å². The third-order valence-electron chi connectivity index (χ3n) is 3.28. The molecule has 1 rings (SSSR count). The van der Waals surface area contributed by atoms with Gasteiger partial charge in [0.25, 0.3) is 0 Å². The van der Waals surface area contributed by atoms with Gasteiger partial charge in [-0.2, -0.15) is 13.2 Å². The molecule has 0 radical (unpaired) electrons. The third-order valence-corrected chi connectivity index (χ3v) is 3.28. The first kappa shape index (κ1) is 19.7. The fourth-order valence-electron chi connectivity index (χ4n) is 2.30. The van der Waals surface area contributed by atoms with Crippen molar-refractivity contribution in [3.05, 3.63) is 0 Å². The van der Waals surface area contributed by atoms with Gasteiger partial charge in [-0.05, 0) is 19.8 Å². The Morgan fingerprint density at radius 1 is 1.24 bits per heavy atom. The summed E-state index contributed by atoms with van der Waals surface area (Å²) in [7, 11) is 0. The summed E-state index contributed by atoms with van der Waals surface area (Å²) in [5, 5.41) is 7.12. The molecule has 0 aliphatic heterocycles. The molecule has 0 heterocycles. The summed E-state index contributed by atoms with van der Waals surface area (Å²) in [4.78, 5) is 22.6. The fourth-order valence-corrected chi connectivity index (χ4v) is 2.30. The Kier molecular flexibility index (Phi) is 9.00. The van der Waals surface area contributed by atoms with Crippen molar-refractivity contribution >= 4 is 11.9 Å². The molecule has 3 N–H and O–H groups in total. The smallest absolute Gasteiger partial charge is 0.475 e. The SMILES string of the molecule is CCN(C(=O)CCN)C1CCCCC1.O=C(O)C(F)(F)F. The minimum absolute atomic E-state index is 0.238. The Balaban J connectivity index is 0.000000486. The van der Waals surface area contributed by atoms with Gasteiger partial charge in [-0.25, -0.2) is 4.79 Å². The first-order valence-electron chi connectivity index (χ1n) is 7.03. The monoisotopic (exact) mass is 312 g/mol. The van der Waals surface area contributed by atoms with Crippen molar-refractivity contribution < 1.29 is 27.9 Å². The lowest BCUT2D eigenvalue weighted by Gasteiger charge is -2.33. The van der Waals surface area contributed by atoms with Crippen LogP contribution in [-0.4, -0.2) is 47.2 Å². The van der Waals surface area contributed by atoms with E-state index in [4.69, 9.17) is 15.6 Å². The van der Waals surface area contributed by atoms with Crippen molar-refractivity contribution in [3.8, 4) is 0 Å². The number of hydrogen-bond donors (Lipinski definition) is 2. The molecule has 0 bridgehead atoms. The molecule has 0 atom stereocenters. The van der Waals surface area contributed by atoms with Gasteiger partial charge in [0, 0.05) is 25.6 Å². The van der Waals surface area contributed by atoms with E-state index in [2.05, 4.69) is 6.92 Å². The lowest BCUT2D eigenvalue weighted by Crippen LogP contribution is -2.41. The van der Waals surface area contributed by atoms with Gasteiger partial charge in [-0.3, -0.25) is 4.79 Å². The average molecular weight is 312 g/mol. The summed E-state index contributed by atoms with van der Waals surface area (Å²) >= 11 is 0. The van der Waals surface area contributed by atoms with Crippen molar-refractivity contribution in [2.75, 3.05) is 13.1 Å². The van der Waals surface area contributed by atoms with E-state index < -0.39 is 12.1 Å². The summed E-state index contributed by atoms with van der Waals surface area (Å²) in [5.41, 5.74) is 5.40. The zero-order valence-electron chi connectivity index (χ0n) is 12.2. The Bertz CT molecular complexity index is 329. The van der Waals surface area contributed by atoms with Crippen LogP contribution in [0.4, 0.5) is 13.2 Å². The number of hydrogen-bond acceptors (Lipinski definition) is 3. The Morgan fingerprint density at radius 3 is 2.05 bits per heavy atom. The second-order valence-electron chi connectivity index (χ2n) is 4.81. The number of carboxylic acids is 1. The van der Waals surface area contributed by atoms with Crippen LogP contribution in [0, 0.1) is 0 Å². The molecule has 1 aliphatic carbocycles. The number of halogens is 3. The summed E-state index contributed by atoms with van der Waals surface area (Å²) in [6.07, 6.45) is 1.67. The summed E-state index contributed by atoms with van der Waals surface area (Å²) in [6.45, 7) is 3.37. The van der Waals surface area contributed by atoms with E-state index >= 15 is 0 Å². The highest BCUT2D eigenvalue weighted by Crippen LogP contribution is 2.22. The Morgan fingerprint density at radius 2 is 1.71 bits per heavy atom. The van der Waals surface area contributed by atoms with Crippen LogP contribution in [0.2, 0.25) is 0 Å². The number of rotatable bonds is 4. The first-order valence-corrected chi connectivity index (χ1v) is 7.03. The highest BCUT2D eigenvalue weighted by Gasteiger charge is 2.38. The molecule has 1 fully saturated rings. The fraction of sp³-hybridized carbons (Fsp3) is 0.846. The van der Waals surface area contributed by atoms with E-state index in [1.807, 2.05) is 4.90 Å². The van der Waals surface area contributed by atoms with Crippen LogP contribution in [-0.2, 0) is 9.59 Å². The van der Waals surface area contributed by atoms with Crippen molar-refractivity contribution in [1.82, 2.24) is 4.90 Å². The van der Waals surface area contributed by atoms with Gasteiger partial charge in [-0.1, -0.05) is 19.3 Å². The molecule has 21 heavy (non-hydrogen) atoms. The van der Waals surface area contributed by atoms with Gasteiger partial charge < -0.3 is 15.7 Å². The third kappa shape index (κ3) is 7.89. The average Bonchev–Trinajstić information content (AvgIpc) is 2.40. The van der Waals surface area contributed by atoms with Gasteiger partial charge in [0.2, 0.25) is 5.91 Å². The minimum atomic E-state index is -5.08. The summed E-state index contributed by atoms with van der Waals surface area (Å²) in [5.74, 6) is -2.52. The highest BCUT2D eigenvalue weighted by molar-refractivity contribution is 5.76. The van der Waals surface area contributed by atoms with Crippen LogP contribution in [0.1, 0.15) is 45.4 Å². The van der Waals surface area contributed by atoms with E-state index in [9.17, 15) is 18.0 Å². The lowest BCUT2D eigenvalue weighted by atomic mass is 9.94. The number of carboxylic acid groups (broad SMARTS) is 1. The maximum atomic E-state index is 11.7. The number of nitrogens with zero attached hydrogens (tertiary/aromatic N) is 1. The van der Waals surface area contributed by atoms with E-state index in [1.165, 1.54) is 32.1 Å². The van der Waals surface area contributed by atoms with Crippen LogP contribution in [0.5, 0.6) is 0 Å². The molecule has 0 aromatic rings. The molecule has 1 saturated carbocycles. The van der Waals surface area contributed by atoms with Gasteiger partial charge in [-0.15, -0.1) is 0 Å². The quantitative estimate of drug-likeness (QED) is 0.833. The molecule has 0 aromatic carbocycles. The Labute approximate surface area is 122 Å². The number of carbonyl (C=O) groups is 2. The van der Waals surface area contributed by atoms with E-state index in [0.29, 0.717) is 19.0 Å². The zero-order chi connectivity index (χ0) is 16.5. The second kappa shape index (κ2) is 9.59. The van der Waals surface area contributed by atoms with Crippen LogP contribution in [0.15, 0.2) is 0 Å². The first-order chi connectivity index (χ1) is 9.73. The molecule has 1 amide bonds. The summed E-state index contributed by atoms with van der Waals surface area (Å²) < 4.78 is 31.7. The van der Waals surface area contributed by atoms with Crippen LogP contribution < -0.4 is 5.73 Å². The zero-order valence-corrected chi connectivity index (χ0v) is 12.2. The molecule has 0 unspecified atom stereocenters. The molecular formula is C13H23F3N2O3. The van der Waals surface area contributed by atoms with Gasteiger partial charge >= 0.3 is 12.1 Å². The highest BCUT2D eigenvalue weighted by atomic mass is 19.4. The molecule has 0 aromatic heterocycles. The molecule has 8 heteroatoms. The van der Waals surface area contributed by atoms with E-state index in [-0.39, 0.29) is 5.91 Å². The van der Waals surface area contributed by atoms with E-state index in [0.717, 1.165) is 6.54 Å². The number of alkyl halides is 3. The van der Waals surface area contributed by atoms with Crippen LogP contribution in [0.3, 0.4) is 0 Å². The van der Waals surface area contributed by atoms with E-state index in [1.54, 1.807) is 0 Å². The standard InChI is InChI=1S/C11H22N2O.C2HF3O2/c1-2-13(11(14)8-9-12)10-6-4-3-5-7-10;3-2(4,5)1(6)7/h10H,2-9,12H2,1H3;(H,6,7). The topological polar surface area (TPSA) is 83.6 Å². The number of aliphatic carboxylic acids is 1. The summed E-state index contributed by atoms with van der Waals surface area (Å²) in [6, 6.07) is 0.493.